The summed E-state index contributed by atoms with van der Waals surface area (Å²) in [6.45, 7) is 4.36. The second-order valence-corrected chi connectivity index (χ2v) is 12.9. The minimum Gasteiger partial charge on any atom is -0.348 e. The molecule has 3 amide bonds. The molecule has 3 aromatic carbocycles. The Labute approximate surface area is 280 Å². The first-order valence-corrected chi connectivity index (χ1v) is 16.7. The molecule has 0 bridgehead atoms. The molecule has 1 saturated carbocycles. The number of tetrazole rings is 1. The van der Waals surface area contributed by atoms with E-state index in [1.807, 2.05) is 49.4 Å². The SMILES string of the molecule is Cc1ccc(C(=O)N[C@@H]2CCNC2)cc1-c1ccc(C[C@H](NC(=O)C2CCC(CN)CC2)C(=O)Nc2ccc(-c3nn[nH]n3)cc2)cc1. The first-order chi connectivity index (χ1) is 23.4. The lowest BCUT2D eigenvalue weighted by Crippen LogP contribution is -2.48. The minimum absolute atomic E-state index is 0.0767. The normalized spacial score (nSPS) is 19.8. The first-order valence-electron chi connectivity index (χ1n) is 16.7. The highest BCUT2D eigenvalue weighted by Gasteiger charge is 2.29. The Morgan fingerprint density at radius 1 is 0.938 bits per heavy atom. The number of nitrogens with one attached hydrogen (secondary N) is 5. The number of aromatic amines is 1. The van der Waals surface area contributed by atoms with Gasteiger partial charge >= 0.3 is 0 Å². The summed E-state index contributed by atoms with van der Waals surface area (Å²) in [6.07, 6.45) is 4.60. The van der Waals surface area contributed by atoms with E-state index < -0.39 is 6.04 Å². The maximum absolute atomic E-state index is 13.7. The molecule has 12 heteroatoms. The molecule has 0 radical (unpaired) electrons. The molecule has 1 saturated heterocycles. The summed E-state index contributed by atoms with van der Waals surface area (Å²) in [4.78, 5) is 40.0. The molecular formula is C36H43N9O3. The monoisotopic (exact) mass is 649 g/mol. The van der Waals surface area contributed by atoms with Gasteiger partial charge in [0.25, 0.3) is 5.91 Å². The van der Waals surface area contributed by atoms with Gasteiger partial charge < -0.3 is 27.0 Å². The van der Waals surface area contributed by atoms with Crippen LogP contribution in [0.25, 0.3) is 22.5 Å². The zero-order valence-electron chi connectivity index (χ0n) is 27.2. The van der Waals surface area contributed by atoms with E-state index in [4.69, 9.17) is 5.73 Å². The molecule has 0 unspecified atom stereocenters. The van der Waals surface area contributed by atoms with Crippen molar-refractivity contribution in [1.29, 1.82) is 0 Å². The van der Waals surface area contributed by atoms with Gasteiger partial charge in [0.15, 0.2) is 0 Å². The number of anilines is 1. The number of carbonyl (C=O) groups is 3. The van der Waals surface area contributed by atoms with E-state index in [1.54, 1.807) is 24.3 Å². The molecule has 1 aromatic heterocycles. The summed E-state index contributed by atoms with van der Waals surface area (Å²) in [6, 6.07) is 20.2. The van der Waals surface area contributed by atoms with E-state index in [9.17, 15) is 14.4 Å². The Hall–Kier alpha value is -4.94. The van der Waals surface area contributed by atoms with Crippen molar-refractivity contribution in [3.63, 3.8) is 0 Å². The van der Waals surface area contributed by atoms with Gasteiger partial charge in [-0.05, 0) is 122 Å². The van der Waals surface area contributed by atoms with Crippen LogP contribution in [-0.4, -0.2) is 70.1 Å². The third kappa shape index (κ3) is 8.12. The van der Waals surface area contributed by atoms with E-state index >= 15 is 0 Å². The molecular weight excluding hydrogens is 606 g/mol. The number of H-pyrrole nitrogens is 1. The van der Waals surface area contributed by atoms with E-state index in [0.717, 1.165) is 73.0 Å². The second-order valence-electron chi connectivity index (χ2n) is 12.9. The van der Waals surface area contributed by atoms with Crippen molar-refractivity contribution < 1.29 is 14.4 Å². The predicted molar refractivity (Wildman–Crippen MR) is 184 cm³/mol. The predicted octanol–water partition coefficient (Wildman–Crippen LogP) is 3.36. The van der Waals surface area contributed by atoms with Gasteiger partial charge in [-0.25, -0.2) is 0 Å². The van der Waals surface area contributed by atoms with Crippen LogP contribution in [0.2, 0.25) is 0 Å². The van der Waals surface area contributed by atoms with Crippen LogP contribution in [-0.2, 0) is 16.0 Å². The van der Waals surface area contributed by atoms with Crippen LogP contribution in [0.4, 0.5) is 5.69 Å². The Kier molecular flexibility index (Phi) is 10.5. The fourth-order valence-electron chi connectivity index (χ4n) is 6.55. The highest BCUT2D eigenvalue weighted by molar-refractivity contribution is 5.98. The first kappa shape index (κ1) is 33.0. The third-order valence-corrected chi connectivity index (χ3v) is 9.54. The highest BCUT2D eigenvalue weighted by Crippen LogP contribution is 2.29. The van der Waals surface area contributed by atoms with Crippen LogP contribution in [0.1, 0.15) is 53.6 Å². The van der Waals surface area contributed by atoms with Crippen molar-refractivity contribution in [3.05, 3.63) is 83.4 Å². The van der Waals surface area contributed by atoms with E-state index in [0.29, 0.717) is 36.0 Å². The fourth-order valence-corrected chi connectivity index (χ4v) is 6.55. The number of aromatic nitrogens is 4. The van der Waals surface area contributed by atoms with Crippen molar-refractivity contribution in [2.75, 3.05) is 25.0 Å². The number of nitrogens with two attached hydrogens (primary N) is 1. The number of amides is 3. The lowest BCUT2D eigenvalue weighted by molar-refractivity contribution is -0.130. The Morgan fingerprint density at radius 2 is 1.69 bits per heavy atom. The summed E-state index contributed by atoms with van der Waals surface area (Å²) in [7, 11) is 0. The average molecular weight is 650 g/mol. The van der Waals surface area contributed by atoms with Crippen LogP contribution in [0.15, 0.2) is 66.7 Å². The second kappa shape index (κ2) is 15.3. The van der Waals surface area contributed by atoms with Gasteiger partial charge in [-0.2, -0.15) is 5.21 Å². The van der Waals surface area contributed by atoms with Gasteiger partial charge in [0.1, 0.15) is 6.04 Å². The Balaban J connectivity index is 1.16. The maximum atomic E-state index is 13.7. The lowest BCUT2D eigenvalue weighted by Gasteiger charge is -2.28. The van der Waals surface area contributed by atoms with Crippen molar-refractivity contribution in [2.24, 2.45) is 17.6 Å². The largest absolute Gasteiger partial charge is 0.348 e. The molecule has 2 aliphatic rings. The van der Waals surface area contributed by atoms with Gasteiger partial charge in [0, 0.05) is 41.7 Å². The topological polar surface area (TPSA) is 180 Å². The summed E-state index contributed by atoms with van der Waals surface area (Å²) < 4.78 is 0. The quantitative estimate of drug-likeness (QED) is 0.143. The van der Waals surface area contributed by atoms with Gasteiger partial charge in [-0.15, -0.1) is 10.2 Å². The van der Waals surface area contributed by atoms with Crippen LogP contribution in [0.3, 0.4) is 0 Å². The van der Waals surface area contributed by atoms with Gasteiger partial charge in [0.2, 0.25) is 17.6 Å². The van der Waals surface area contributed by atoms with Crippen molar-refractivity contribution in [3.8, 4) is 22.5 Å². The standard InChI is InChI=1S/C36H43N9O3/c1-22-2-7-28(35(47)40-30-16-17-38-21-30)19-31(22)25-8-3-23(4-9-25)18-32(41-34(46)27-10-5-24(20-37)6-11-27)36(48)39-29-14-12-26(13-15-29)33-42-44-45-43-33/h2-4,7-9,12-15,19,24,27,30,32,38H,5-6,10-11,16-18,20-21,37H2,1H3,(H,39,48)(H,40,47)(H,41,46)(H,42,43,44,45)/t24?,27?,30-,32+/m1/s1. The number of benzene rings is 3. The molecule has 12 nitrogen and oxygen atoms in total. The molecule has 2 atom stereocenters. The third-order valence-electron chi connectivity index (χ3n) is 9.54. The molecule has 48 heavy (non-hydrogen) atoms. The Bertz CT molecular complexity index is 1690. The summed E-state index contributed by atoms with van der Waals surface area (Å²) >= 11 is 0. The molecule has 6 rings (SSSR count). The number of hydrogen-bond donors (Lipinski definition) is 6. The Morgan fingerprint density at radius 3 is 2.35 bits per heavy atom. The van der Waals surface area contributed by atoms with Crippen molar-refractivity contribution in [2.45, 2.75) is 57.5 Å². The molecule has 4 aromatic rings. The summed E-state index contributed by atoms with van der Waals surface area (Å²) in [5.41, 5.74) is 11.7. The number of rotatable bonds is 11. The summed E-state index contributed by atoms with van der Waals surface area (Å²) in [5, 5.41) is 26.4. The van der Waals surface area contributed by atoms with Crippen molar-refractivity contribution in [1.82, 2.24) is 36.6 Å². The van der Waals surface area contributed by atoms with Gasteiger partial charge in [-0.1, -0.05) is 30.3 Å². The molecule has 0 spiro atoms. The fraction of sp³-hybridized carbons (Fsp3) is 0.389. The molecule has 250 valence electrons. The highest BCUT2D eigenvalue weighted by atomic mass is 16.2. The van der Waals surface area contributed by atoms with E-state index in [-0.39, 0.29) is 29.7 Å². The van der Waals surface area contributed by atoms with Crippen LogP contribution in [0, 0.1) is 18.8 Å². The minimum atomic E-state index is -0.786. The zero-order chi connectivity index (χ0) is 33.5. The van der Waals surface area contributed by atoms with Gasteiger partial charge in [-0.3, -0.25) is 14.4 Å². The summed E-state index contributed by atoms with van der Waals surface area (Å²) in [5.74, 6) is 0.281. The lowest BCUT2D eigenvalue weighted by atomic mass is 9.81. The molecule has 1 aliphatic heterocycles. The number of hydrogen-bond acceptors (Lipinski definition) is 8. The number of aryl methyl sites for hydroxylation is 1. The number of carbonyl (C=O) groups excluding carboxylic acids is 3. The number of nitrogens with zero attached hydrogens (tertiary/aromatic N) is 3. The molecule has 2 heterocycles. The van der Waals surface area contributed by atoms with Gasteiger partial charge in [0.05, 0.1) is 0 Å². The molecule has 2 fully saturated rings. The van der Waals surface area contributed by atoms with Crippen LogP contribution < -0.4 is 27.0 Å². The van der Waals surface area contributed by atoms with Crippen molar-refractivity contribution >= 4 is 23.4 Å². The average Bonchev–Trinajstić information content (AvgIpc) is 3.84. The van der Waals surface area contributed by atoms with Crippen LogP contribution >= 0.6 is 0 Å². The maximum Gasteiger partial charge on any atom is 0.251 e. The smallest absolute Gasteiger partial charge is 0.251 e. The zero-order valence-corrected chi connectivity index (χ0v) is 27.2. The van der Waals surface area contributed by atoms with E-state index in [1.165, 1.54) is 0 Å². The molecule has 7 N–H and O–H groups in total. The van der Waals surface area contributed by atoms with Crippen LogP contribution in [0.5, 0.6) is 0 Å². The van der Waals surface area contributed by atoms with E-state index in [2.05, 4.69) is 41.9 Å². The molecule has 1 aliphatic carbocycles.